The molecule has 1 fully saturated rings. The van der Waals surface area contributed by atoms with Crippen LogP contribution in [0.25, 0.3) is 0 Å². The van der Waals surface area contributed by atoms with Gasteiger partial charge < -0.3 is 15.8 Å². The first-order valence-electron chi connectivity index (χ1n) is 8.83. The Hall–Kier alpha value is -1.55. The molecule has 1 atom stereocenters. The van der Waals surface area contributed by atoms with Crippen LogP contribution in [0.4, 0.5) is 0 Å². The third-order valence-corrected chi connectivity index (χ3v) is 4.45. The maximum Gasteiger partial charge on any atom is 0.224 e. The van der Waals surface area contributed by atoms with Gasteiger partial charge in [0.2, 0.25) is 5.91 Å². The summed E-state index contributed by atoms with van der Waals surface area (Å²) in [6, 6.07) is 7.87. The molecule has 0 saturated heterocycles. The Morgan fingerprint density at radius 3 is 2.70 bits per heavy atom. The topological polar surface area (TPSA) is 64.3 Å². The van der Waals surface area contributed by atoms with Gasteiger partial charge in [-0.05, 0) is 50.3 Å². The molecule has 1 aliphatic rings. The van der Waals surface area contributed by atoms with E-state index in [-0.39, 0.29) is 18.1 Å². The molecule has 3 N–H and O–H groups in total. The van der Waals surface area contributed by atoms with Crippen molar-refractivity contribution in [3.05, 3.63) is 29.8 Å². The van der Waals surface area contributed by atoms with Gasteiger partial charge in [0.15, 0.2) is 0 Å². The number of hydrogen-bond acceptors (Lipinski definition) is 3. The molecular weight excluding hydrogens is 288 g/mol. The highest BCUT2D eigenvalue weighted by atomic mass is 16.5. The van der Waals surface area contributed by atoms with Crippen molar-refractivity contribution in [2.24, 2.45) is 11.7 Å². The molecule has 23 heavy (non-hydrogen) atoms. The summed E-state index contributed by atoms with van der Waals surface area (Å²) in [4.78, 5) is 12.4. The average molecular weight is 318 g/mol. The van der Waals surface area contributed by atoms with Crippen molar-refractivity contribution in [3.63, 3.8) is 0 Å². The van der Waals surface area contributed by atoms with Crippen LogP contribution in [0.1, 0.15) is 51.5 Å². The van der Waals surface area contributed by atoms with E-state index in [0.29, 0.717) is 18.9 Å². The summed E-state index contributed by atoms with van der Waals surface area (Å²) in [5.41, 5.74) is 6.86. The molecule has 1 aliphatic carbocycles. The number of nitrogens with two attached hydrogens (primary N) is 1. The highest BCUT2D eigenvalue weighted by molar-refractivity contribution is 5.79. The second-order valence-electron chi connectivity index (χ2n) is 6.80. The summed E-state index contributed by atoms with van der Waals surface area (Å²) < 4.78 is 5.68. The Balaban J connectivity index is 1.90. The first-order valence-corrected chi connectivity index (χ1v) is 8.83. The zero-order valence-corrected chi connectivity index (χ0v) is 14.4. The molecule has 0 heterocycles. The SMILES string of the molecule is CC(C)Oc1cccc(CC(=O)NC(CN)C2CCCCC2)c1. The van der Waals surface area contributed by atoms with Crippen LogP contribution in [0.2, 0.25) is 0 Å². The van der Waals surface area contributed by atoms with E-state index in [9.17, 15) is 4.79 Å². The summed E-state index contributed by atoms with van der Waals surface area (Å²) in [6.07, 6.45) is 6.69. The predicted molar refractivity (Wildman–Crippen MR) is 93.5 cm³/mol. The summed E-state index contributed by atoms with van der Waals surface area (Å²) in [5, 5.41) is 3.14. The van der Waals surface area contributed by atoms with Crippen molar-refractivity contribution in [2.75, 3.05) is 6.54 Å². The molecule has 0 bridgehead atoms. The lowest BCUT2D eigenvalue weighted by Gasteiger charge is -2.30. The summed E-state index contributed by atoms with van der Waals surface area (Å²) in [7, 11) is 0. The van der Waals surface area contributed by atoms with E-state index in [4.69, 9.17) is 10.5 Å². The molecule has 2 rings (SSSR count). The number of carbonyl (C=O) groups excluding carboxylic acids is 1. The molecule has 4 nitrogen and oxygen atoms in total. The zero-order valence-electron chi connectivity index (χ0n) is 14.4. The fourth-order valence-electron chi connectivity index (χ4n) is 3.35. The zero-order chi connectivity index (χ0) is 16.7. The lowest BCUT2D eigenvalue weighted by Crippen LogP contribution is -2.46. The normalized spacial score (nSPS) is 17.0. The number of rotatable bonds is 7. The van der Waals surface area contributed by atoms with Crippen LogP contribution >= 0.6 is 0 Å². The van der Waals surface area contributed by atoms with E-state index in [1.807, 2.05) is 38.1 Å². The minimum absolute atomic E-state index is 0.0488. The standard InChI is InChI=1S/C19H30N2O2/c1-14(2)23-17-10-6-7-15(11-17)12-19(22)21-18(13-20)16-8-4-3-5-9-16/h6-7,10-11,14,16,18H,3-5,8-9,12-13,20H2,1-2H3,(H,21,22). The summed E-state index contributed by atoms with van der Waals surface area (Å²) in [6.45, 7) is 4.51. The van der Waals surface area contributed by atoms with Crippen molar-refractivity contribution in [3.8, 4) is 5.75 Å². The highest BCUT2D eigenvalue weighted by Gasteiger charge is 2.23. The fourth-order valence-corrected chi connectivity index (χ4v) is 3.35. The van der Waals surface area contributed by atoms with Crippen LogP contribution in [0, 0.1) is 5.92 Å². The van der Waals surface area contributed by atoms with Gasteiger partial charge in [-0.15, -0.1) is 0 Å². The summed E-state index contributed by atoms with van der Waals surface area (Å²) in [5.74, 6) is 1.40. The number of carbonyl (C=O) groups is 1. The number of ether oxygens (including phenoxy) is 1. The Morgan fingerprint density at radius 2 is 2.04 bits per heavy atom. The molecule has 0 aromatic heterocycles. The minimum atomic E-state index is 0.0488. The van der Waals surface area contributed by atoms with E-state index in [1.54, 1.807) is 0 Å². The molecule has 0 spiro atoms. The number of nitrogens with one attached hydrogen (secondary N) is 1. The van der Waals surface area contributed by atoms with Crippen molar-refractivity contribution >= 4 is 5.91 Å². The van der Waals surface area contributed by atoms with E-state index >= 15 is 0 Å². The second-order valence-corrected chi connectivity index (χ2v) is 6.80. The molecule has 1 aromatic rings. The fraction of sp³-hybridized carbons (Fsp3) is 0.632. The van der Waals surface area contributed by atoms with Gasteiger partial charge in [-0.1, -0.05) is 31.4 Å². The lowest BCUT2D eigenvalue weighted by molar-refractivity contribution is -0.121. The van der Waals surface area contributed by atoms with E-state index in [1.165, 1.54) is 32.1 Å². The Morgan fingerprint density at radius 1 is 1.30 bits per heavy atom. The molecule has 0 radical (unpaired) electrons. The largest absolute Gasteiger partial charge is 0.491 e. The Kier molecular flexibility index (Phi) is 6.90. The Bertz CT molecular complexity index is 496. The molecule has 1 saturated carbocycles. The van der Waals surface area contributed by atoms with Gasteiger partial charge in [-0.2, -0.15) is 0 Å². The van der Waals surface area contributed by atoms with E-state index in [2.05, 4.69) is 5.32 Å². The number of hydrogen-bond donors (Lipinski definition) is 2. The van der Waals surface area contributed by atoms with Gasteiger partial charge in [0, 0.05) is 12.6 Å². The van der Waals surface area contributed by atoms with Crippen LogP contribution < -0.4 is 15.8 Å². The number of amides is 1. The van der Waals surface area contributed by atoms with Gasteiger partial charge in [0.1, 0.15) is 5.75 Å². The van der Waals surface area contributed by atoms with Crippen LogP contribution in [0.5, 0.6) is 5.75 Å². The highest BCUT2D eigenvalue weighted by Crippen LogP contribution is 2.26. The first-order chi connectivity index (χ1) is 11.1. The monoisotopic (exact) mass is 318 g/mol. The van der Waals surface area contributed by atoms with Gasteiger partial charge in [0.05, 0.1) is 12.5 Å². The van der Waals surface area contributed by atoms with E-state index in [0.717, 1.165) is 11.3 Å². The molecule has 1 unspecified atom stereocenters. The third kappa shape index (κ3) is 5.87. The lowest BCUT2D eigenvalue weighted by atomic mass is 9.84. The third-order valence-electron chi connectivity index (χ3n) is 4.45. The molecule has 4 heteroatoms. The summed E-state index contributed by atoms with van der Waals surface area (Å²) >= 11 is 0. The van der Waals surface area contributed by atoms with Crippen molar-refractivity contribution in [1.29, 1.82) is 0 Å². The van der Waals surface area contributed by atoms with Crippen LogP contribution in [0.15, 0.2) is 24.3 Å². The number of benzene rings is 1. The maximum atomic E-state index is 12.4. The van der Waals surface area contributed by atoms with Gasteiger partial charge in [-0.25, -0.2) is 0 Å². The van der Waals surface area contributed by atoms with Crippen molar-refractivity contribution in [1.82, 2.24) is 5.32 Å². The van der Waals surface area contributed by atoms with Crippen molar-refractivity contribution in [2.45, 2.75) is 64.5 Å². The molecule has 128 valence electrons. The molecule has 0 aliphatic heterocycles. The van der Waals surface area contributed by atoms with Crippen molar-refractivity contribution < 1.29 is 9.53 Å². The van der Waals surface area contributed by atoms with E-state index < -0.39 is 0 Å². The van der Waals surface area contributed by atoms with Gasteiger partial charge >= 0.3 is 0 Å². The average Bonchev–Trinajstić information content (AvgIpc) is 2.53. The van der Waals surface area contributed by atoms with Gasteiger partial charge in [0.25, 0.3) is 0 Å². The van der Waals surface area contributed by atoms with Crippen LogP contribution in [0.3, 0.4) is 0 Å². The van der Waals surface area contributed by atoms with Crippen LogP contribution in [-0.2, 0) is 11.2 Å². The van der Waals surface area contributed by atoms with Crippen LogP contribution in [-0.4, -0.2) is 24.6 Å². The molecule has 1 aromatic carbocycles. The second kappa shape index (κ2) is 8.92. The predicted octanol–water partition coefficient (Wildman–Crippen LogP) is 3.04. The molecule has 1 amide bonds. The quantitative estimate of drug-likeness (QED) is 0.812. The molecular formula is C19H30N2O2. The van der Waals surface area contributed by atoms with Gasteiger partial charge in [-0.3, -0.25) is 4.79 Å². The first kappa shape index (κ1) is 17.8. The minimum Gasteiger partial charge on any atom is -0.491 e. The maximum absolute atomic E-state index is 12.4. The smallest absolute Gasteiger partial charge is 0.224 e. The Labute approximate surface area is 139 Å².